The van der Waals surface area contributed by atoms with Gasteiger partial charge >= 0.3 is 0 Å². The molecule has 3 rings (SSSR count). The van der Waals surface area contributed by atoms with Crippen molar-refractivity contribution in [3.05, 3.63) is 82.1 Å². The van der Waals surface area contributed by atoms with Crippen LogP contribution in [0.15, 0.2) is 75.5 Å². The first kappa shape index (κ1) is 21.4. The highest BCUT2D eigenvalue weighted by atomic mass is 32.2. The zero-order chi connectivity index (χ0) is 22.6. The number of rotatable bonds is 6. The number of nitrogens with two attached hydrogens (primary N) is 1. The molecule has 0 aliphatic heterocycles. The lowest BCUT2D eigenvalue weighted by molar-refractivity contribution is -0.383. The molecule has 1 amide bonds. The molecule has 0 radical (unpaired) electrons. The number of nitro benzene ring substituents is 1. The van der Waals surface area contributed by atoms with Crippen LogP contribution in [0.25, 0.3) is 17.4 Å². The number of para-hydroxylation sites is 2. The molecule has 3 aromatic rings. The van der Waals surface area contributed by atoms with Gasteiger partial charge in [0, 0.05) is 17.7 Å². The number of nitriles is 1. The maximum absolute atomic E-state index is 12.4. The largest absolute Gasteiger partial charge is 0.457 e. The normalized spacial score (nSPS) is 11.5. The molecule has 3 N–H and O–H groups in total. The summed E-state index contributed by atoms with van der Waals surface area (Å²) in [5.41, 5.74) is -0.136. The number of nitro groups is 1. The van der Waals surface area contributed by atoms with E-state index in [0.29, 0.717) is 11.3 Å². The average Bonchev–Trinajstić information content (AvgIpc) is 3.20. The summed E-state index contributed by atoms with van der Waals surface area (Å²) in [5, 5.41) is 27.8. The smallest absolute Gasteiger partial charge is 0.292 e. The van der Waals surface area contributed by atoms with Crippen LogP contribution in [0.5, 0.6) is 0 Å². The number of amides is 1. The van der Waals surface area contributed by atoms with Crippen molar-refractivity contribution in [1.29, 1.82) is 5.26 Å². The zero-order valence-corrected chi connectivity index (χ0v) is 16.5. The fourth-order valence-corrected chi connectivity index (χ4v) is 3.13. The van der Waals surface area contributed by atoms with E-state index >= 15 is 0 Å². The van der Waals surface area contributed by atoms with Crippen molar-refractivity contribution in [1.82, 2.24) is 0 Å². The van der Waals surface area contributed by atoms with Gasteiger partial charge in [-0.15, -0.1) is 0 Å². The molecule has 0 saturated heterocycles. The number of nitrogens with one attached hydrogen (secondary N) is 1. The first-order valence-corrected chi connectivity index (χ1v) is 10.1. The number of benzene rings is 2. The van der Waals surface area contributed by atoms with E-state index in [2.05, 4.69) is 5.32 Å². The highest BCUT2D eigenvalue weighted by molar-refractivity contribution is 7.89. The maximum Gasteiger partial charge on any atom is 0.292 e. The van der Waals surface area contributed by atoms with Crippen molar-refractivity contribution in [2.45, 2.75) is 4.90 Å². The average molecular weight is 438 g/mol. The second-order valence-electron chi connectivity index (χ2n) is 6.17. The molecule has 0 spiro atoms. The van der Waals surface area contributed by atoms with E-state index in [4.69, 9.17) is 9.56 Å². The lowest BCUT2D eigenvalue weighted by Crippen LogP contribution is -2.14. The minimum absolute atomic E-state index is 0.0475. The maximum atomic E-state index is 12.4. The van der Waals surface area contributed by atoms with E-state index in [1.54, 1.807) is 12.1 Å². The topological polar surface area (TPSA) is 169 Å². The Labute approximate surface area is 176 Å². The van der Waals surface area contributed by atoms with Crippen LogP contribution in [0.1, 0.15) is 5.76 Å². The van der Waals surface area contributed by atoms with Crippen molar-refractivity contribution in [2.75, 3.05) is 5.32 Å². The molecule has 0 fully saturated rings. The molecule has 0 bridgehead atoms. The van der Waals surface area contributed by atoms with E-state index < -0.39 is 20.9 Å². The van der Waals surface area contributed by atoms with Gasteiger partial charge < -0.3 is 9.73 Å². The van der Waals surface area contributed by atoms with Crippen LogP contribution in [0.4, 0.5) is 11.4 Å². The predicted octanol–water partition coefficient (Wildman–Crippen LogP) is 3.05. The lowest BCUT2D eigenvalue weighted by Gasteiger charge is -2.04. The lowest BCUT2D eigenvalue weighted by atomic mass is 10.2. The van der Waals surface area contributed by atoms with Crippen molar-refractivity contribution < 1.29 is 22.6 Å². The van der Waals surface area contributed by atoms with Gasteiger partial charge in [0.1, 0.15) is 28.9 Å². The van der Waals surface area contributed by atoms with Crippen LogP contribution in [0, 0.1) is 21.4 Å². The van der Waals surface area contributed by atoms with Gasteiger partial charge in [-0.2, -0.15) is 5.26 Å². The summed E-state index contributed by atoms with van der Waals surface area (Å²) < 4.78 is 28.3. The predicted molar refractivity (Wildman–Crippen MR) is 111 cm³/mol. The highest BCUT2D eigenvalue weighted by Crippen LogP contribution is 2.26. The Morgan fingerprint density at radius 1 is 1.13 bits per heavy atom. The summed E-state index contributed by atoms with van der Waals surface area (Å²) in [4.78, 5) is 22.8. The van der Waals surface area contributed by atoms with E-state index in [1.165, 1.54) is 60.7 Å². The van der Waals surface area contributed by atoms with E-state index in [9.17, 15) is 28.6 Å². The number of hydrogen-bond donors (Lipinski definition) is 2. The van der Waals surface area contributed by atoms with Gasteiger partial charge in [-0.05, 0) is 42.5 Å². The molecule has 11 heteroatoms. The van der Waals surface area contributed by atoms with E-state index in [0.717, 1.165) is 0 Å². The number of nitrogens with zero attached hydrogens (tertiary/aromatic N) is 2. The Morgan fingerprint density at radius 3 is 2.42 bits per heavy atom. The quantitative estimate of drug-likeness (QED) is 0.258. The van der Waals surface area contributed by atoms with Gasteiger partial charge in [0.05, 0.1) is 9.82 Å². The van der Waals surface area contributed by atoms with Gasteiger partial charge in [-0.3, -0.25) is 14.9 Å². The highest BCUT2D eigenvalue weighted by Gasteiger charge is 2.18. The van der Waals surface area contributed by atoms with Gasteiger partial charge in [0.25, 0.3) is 11.6 Å². The SMILES string of the molecule is N#C/C(=C\c1ccc(-c2ccc(S(N)(=O)=O)cc2)o1)C(=O)Nc1ccccc1[N+](=O)[O-]. The van der Waals surface area contributed by atoms with Crippen LogP contribution in [0.2, 0.25) is 0 Å². The number of hydrogen-bond acceptors (Lipinski definition) is 7. The fourth-order valence-electron chi connectivity index (χ4n) is 2.61. The summed E-state index contributed by atoms with van der Waals surface area (Å²) in [7, 11) is -3.82. The molecule has 0 aliphatic rings. The molecule has 0 atom stereocenters. The Kier molecular flexibility index (Phi) is 5.96. The Bertz CT molecular complexity index is 1330. The number of sulfonamides is 1. The van der Waals surface area contributed by atoms with Crippen LogP contribution >= 0.6 is 0 Å². The minimum Gasteiger partial charge on any atom is -0.457 e. The van der Waals surface area contributed by atoms with Crippen molar-refractivity contribution in [2.24, 2.45) is 5.14 Å². The standard InChI is InChI=1S/C20H14N4O6S/c21-12-14(20(25)23-17-3-1-2-4-18(17)24(26)27)11-15-7-10-19(30-15)13-5-8-16(9-6-13)31(22,28)29/h1-11H,(H,23,25)(H2,22,28,29)/b14-11+. The summed E-state index contributed by atoms with van der Waals surface area (Å²) in [6.45, 7) is 0. The number of carbonyl (C=O) groups is 1. The third-order valence-electron chi connectivity index (χ3n) is 4.09. The van der Waals surface area contributed by atoms with Gasteiger partial charge in [-0.1, -0.05) is 12.1 Å². The van der Waals surface area contributed by atoms with Gasteiger partial charge in [-0.25, -0.2) is 13.6 Å². The van der Waals surface area contributed by atoms with Crippen LogP contribution < -0.4 is 10.5 Å². The monoisotopic (exact) mass is 438 g/mol. The summed E-state index contributed by atoms with van der Waals surface area (Å²) in [6.07, 6.45) is 1.19. The van der Waals surface area contributed by atoms with Gasteiger partial charge in [0.2, 0.25) is 10.0 Å². The Hall–Kier alpha value is -4.27. The second kappa shape index (κ2) is 8.62. The molecule has 2 aromatic carbocycles. The molecule has 1 heterocycles. The third kappa shape index (κ3) is 5.02. The van der Waals surface area contributed by atoms with E-state index in [1.807, 2.05) is 0 Å². The number of carbonyl (C=O) groups excluding carboxylic acids is 1. The van der Waals surface area contributed by atoms with Crippen LogP contribution in [-0.2, 0) is 14.8 Å². The molecule has 31 heavy (non-hydrogen) atoms. The molecule has 10 nitrogen and oxygen atoms in total. The summed E-state index contributed by atoms with van der Waals surface area (Å²) >= 11 is 0. The summed E-state index contributed by atoms with van der Waals surface area (Å²) in [6, 6.07) is 16.0. The Balaban J connectivity index is 1.83. The molecule has 156 valence electrons. The molecular weight excluding hydrogens is 424 g/mol. The molecular formula is C20H14N4O6S. The molecule has 1 aromatic heterocycles. The third-order valence-corrected chi connectivity index (χ3v) is 5.02. The fraction of sp³-hybridized carbons (Fsp3) is 0. The Morgan fingerprint density at radius 2 is 1.81 bits per heavy atom. The van der Waals surface area contributed by atoms with Crippen molar-refractivity contribution >= 4 is 33.4 Å². The van der Waals surface area contributed by atoms with Crippen LogP contribution in [0.3, 0.4) is 0 Å². The summed E-state index contributed by atoms with van der Waals surface area (Å²) in [5.74, 6) is -0.296. The first-order valence-electron chi connectivity index (χ1n) is 8.58. The van der Waals surface area contributed by atoms with Crippen LogP contribution in [-0.4, -0.2) is 19.2 Å². The molecule has 0 aliphatic carbocycles. The number of furan rings is 1. The van der Waals surface area contributed by atoms with Crippen molar-refractivity contribution in [3.8, 4) is 17.4 Å². The van der Waals surface area contributed by atoms with E-state index in [-0.39, 0.29) is 27.6 Å². The van der Waals surface area contributed by atoms with Crippen molar-refractivity contribution in [3.63, 3.8) is 0 Å². The number of anilines is 1. The zero-order valence-electron chi connectivity index (χ0n) is 15.7. The second-order valence-corrected chi connectivity index (χ2v) is 7.73. The molecule has 0 saturated carbocycles. The first-order chi connectivity index (χ1) is 14.7. The minimum atomic E-state index is -3.82. The number of primary sulfonamides is 1. The van der Waals surface area contributed by atoms with Gasteiger partial charge in [0.15, 0.2) is 0 Å². The molecule has 0 unspecified atom stereocenters.